The summed E-state index contributed by atoms with van der Waals surface area (Å²) in [6.07, 6.45) is 3.41. The lowest BCUT2D eigenvalue weighted by Crippen LogP contribution is -2.10. The van der Waals surface area contributed by atoms with Gasteiger partial charge in [-0.3, -0.25) is 4.98 Å². The largest absolute Gasteiger partial charge is 0.339 e. The van der Waals surface area contributed by atoms with E-state index in [4.69, 9.17) is 0 Å². The van der Waals surface area contributed by atoms with E-state index in [-0.39, 0.29) is 5.41 Å². The van der Waals surface area contributed by atoms with Gasteiger partial charge in [-0.2, -0.15) is 0 Å². The second kappa shape index (κ2) is 6.80. The van der Waals surface area contributed by atoms with Gasteiger partial charge in [0.1, 0.15) is 12.1 Å². The summed E-state index contributed by atoms with van der Waals surface area (Å²) in [5.41, 5.74) is 5.29. The van der Waals surface area contributed by atoms with E-state index >= 15 is 0 Å². The van der Waals surface area contributed by atoms with Crippen LogP contribution in [0.1, 0.15) is 26.3 Å². The first kappa shape index (κ1) is 17.2. The van der Waals surface area contributed by atoms with Crippen LogP contribution in [0.15, 0.2) is 73.2 Å². The smallest absolute Gasteiger partial charge is 0.134 e. The zero-order valence-corrected chi connectivity index (χ0v) is 15.8. The Balaban J connectivity index is 1.60. The minimum atomic E-state index is 0.139. The molecule has 4 nitrogen and oxygen atoms in total. The normalized spacial score (nSPS) is 11.5. The number of hydrogen-bond acceptors (Lipinski definition) is 4. The van der Waals surface area contributed by atoms with Crippen LogP contribution in [0.25, 0.3) is 22.2 Å². The van der Waals surface area contributed by atoms with Gasteiger partial charge in [-0.15, -0.1) is 0 Å². The third-order valence-corrected chi connectivity index (χ3v) is 4.58. The van der Waals surface area contributed by atoms with Gasteiger partial charge < -0.3 is 5.32 Å². The van der Waals surface area contributed by atoms with Crippen LogP contribution in [0.2, 0.25) is 0 Å². The molecule has 4 aromatic rings. The van der Waals surface area contributed by atoms with Gasteiger partial charge in [0.05, 0.1) is 23.1 Å². The van der Waals surface area contributed by atoms with Crippen LogP contribution < -0.4 is 5.32 Å². The van der Waals surface area contributed by atoms with E-state index in [0.717, 1.165) is 33.7 Å². The number of anilines is 2. The summed E-state index contributed by atoms with van der Waals surface area (Å²) < 4.78 is 0. The Bertz CT molecular complexity index is 1080. The molecular weight excluding hydrogens is 332 g/mol. The van der Waals surface area contributed by atoms with E-state index in [0.29, 0.717) is 0 Å². The number of aromatic nitrogens is 3. The van der Waals surface area contributed by atoms with Crippen molar-refractivity contribution in [2.45, 2.75) is 26.2 Å². The molecule has 0 bridgehead atoms. The fourth-order valence-electron chi connectivity index (χ4n) is 3.01. The maximum absolute atomic E-state index is 4.48. The van der Waals surface area contributed by atoms with Crippen molar-refractivity contribution in [2.75, 3.05) is 5.32 Å². The summed E-state index contributed by atoms with van der Waals surface area (Å²) >= 11 is 0. The monoisotopic (exact) mass is 354 g/mol. The molecule has 0 saturated heterocycles. The van der Waals surface area contributed by atoms with Crippen molar-refractivity contribution in [1.82, 2.24) is 15.0 Å². The molecule has 2 aromatic carbocycles. The van der Waals surface area contributed by atoms with E-state index in [9.17, 15) is 0 Å². The molecule has 0 fully saturated rings. The Morgan fingerprint density at radius 2 is 1.59 bits per heavy atom. The molecule has 0 atom stereocenters. The molecule has 0 spiro atoms. The SMILES string of the molecule is CC(C)(C)c1ccc(-c2cc(Nc3cnc4ccccc4c3)ncn2)cc1. The molecule has 0 radical (unpaired) electrons. The molecular formula is C23H22N4. The quantitative estimate of drug-likeness (QED) is 0.510. The lowest BCUT2D eigenvalue weighted by molar-refractivity contribution is 0.590. The standard InChI is InChI=1S/C23H22N4/c1-23(2,3)18-10-8-16(9-11-18)21-13-22(26-15-25-21)27-19-12-17-6-4-5-7-20(17)24-14-19/h4-15H,1-3H3,(H,25,26,27). The number of nitrogens with zero attached hydrogens (tertiary/aromatic N) is 3. The van der Waals surface area contributed by atoms with Crippen molar-refractivity contribution in [1.29, 1.82) is 0 Å². The number of fused-ring (bicyclic) bond motifs is 1. The molecule has 2 heterocycles. The summed E-state index contributed by atoms with van der Waals surface area (Å²) in [4.78, 5) is 13.3. The topological polar surface area (TPSA) is 50.7 Å². The molecule has 0 amide bonds. The summed E-state index contributed by atoms with van der Waals surface area (Å²) in [7, 11) is 0. The minimum Gasteiger partial charge on any atom is -0.339 e. The van der Waals surface area contributed by atoms with Gasteiger partial charge >= 0.3 is 0 Å². The fourth-order valence-corrected chi connectivity index (χ4v) is 3.01. The molecule has 0 aliphatic heterocycles. The molecule has 134 valence electrons. The summed E-state index contributed by atoms with van der Waals surface area (Å²) in [5.74, 6) is 0.747. The Morgan fingerprint density at radius 3 is 2.37 bits per heavy atom. The highest BCUT2D eigenvalue weighted by Gasteiger charge is 2.13. The second-order valence-electron chi connectivity index (χ2n) is 7.66. The van der Waals surface area contributed by atoms with Crippen LogP contribution >= 0.6 is 0 Å². The number of nitrogens with one attached hydrogen (secondary N) is 1. The van der Waals surface area contributed by atoms with E-state index < -0.39 is 0 Å². The van der Waals surface area contributed by atoms with Crippen molar-refractivity contribution in [3.8, 4) is 11.3 Å². The number of rotatable bonds is 3. The van der Waals surface area contributed by atoms with E-state index in [1.807, 2.05) is 30.5 Å². The van der Waals surface area contributed by atoms with Gasteiger partial charge in [-0.25, -0.2) is 9.97 Å². The lowest BCUT2D eigenvalue weighted by Gasteiger charge is -2.19. The van der Waals surface area contributed by atoms with Crippen LogP contribution in [-0.2, 0) is 5.41 Å². The molecule has 0 unspecified atom stereocenters. The average molecular weight is 354 g/mol. The first-order chi connectivity index (χ1) is 13.0. The van der Waals surface area contributed by atoms with E-state index in [1.54, 1.807) is 6.33 Å². The highest BCUT2D eigenvalue weighted by Crippen LogP contribution is 2.26. The van der Waals surface area contributed by atoms with Crippen molar-refractivity contribution in [2.24, 2.45) is 0 Å². The highest BCUT2D eigenvalue weighted by molar-refractivity contribution is 5.82. The Hall–Kier alpha value is -3.27. The van der Waals surface area contributed by atoms with Gasteiger partial charge in [0, 0.05) is 17.0 Å². The Kier molecular flexibility index (Phi) is 4.32. The summed E-state index contributed by atoms with van der Waals surface area (Å²) in [6, 6.07) is 20.6. The highest BCUT2D eigenvalue weighted by atomic mass is 15.0. The van der Waals surface area contributed by atoms with Crippen LogP contribution in [0.4, 0.5) is 11.5 Å². The van der Waals surface area contributed by atoms with Crippen LogP contribution in [0.3, 0.4) is 0 Å². The van der Waals surface area contributed by atoms with Crippen molar-refractivity contribution < 1.29 is 0 Å². The molecule has 4 heteroatoms. The fraction of sp³-hybridized carbons (Fsp3) is 0.174. The van der Waals surface area contributed by atoms with E-state index in [1.165, 1.54) is 5.56 Å². The van der Waals surface area contributed by atoms with Crippen LogP contribution in [-0.4, -0.2) is 15.0 Å². The molecule has 0 aliphatic carbocycles. The van der Waals surface area contributed by atoms with Gasteiger partial charge in [0.15, 0.2) is 0 Å². The third-order valence-electron chi connectivity index (χ3n) is 4.58. The third kappa shape index (κ3) is 3.80. The van der Waals surface area contributed by atoms with Crippen molar-refractivity contribution in [3.05, 3.63) is 78.8 Å². The molecule has 27 heavy (non-hydrogen) atoms. The van der Waals surface area contributed by atoms with Crippen LogP contribution in [0.5, 0.6) is 0 Å². The first-order valence-electron chi connectivity index (χ1n) is 9.04. The van der Waals surface area contributed by atoms with E-state index in [2.05, 4.69) is 77.4 Å². The number of pyridine rings is 1. The maximum atomic E-state index is 4.48. The number of benzene rings is 2. The average Bonchev–Trinajstić information content (AvgIpc) is 2.68. The lowest BCUT2D eigenvalue weighted by atomic mass is 9.86. The predicted octanol–water partition coefficient (Wildman–Crippen LogP) is 5.73. The van der Waals surface area contributed by atoms with Gasteiger partial charge in [-0.05, 0) is 23.1 Å². The molecule has 0 saturated carbocycles. The first-order valence-corrected chi connectivity index (χ1v) is 9.04. The summed E-state index contributed by atoms with van der Waals surface area (Å²) in [6.45, 7) is 6.64. The van der Waals surface area contributed by atoms with Crippen molar-refractivity contribution in [3.63, 3.8) is 0 Å². The summed E-state index contributed by atoms with van der Waals surface area (Å²) in [5, 5.41) is 4.42. The van der Waals surface area contributed by atoms with Gasteiger partial charge in [0.2, 0.25) is 0 Å². The number of hydrogen-bond donors (Lipinski definition) is 1. The minimum absolute atomic E-state index is 0.139. The Labute approximate surface area is 159 Å². The molecule has 4 rings (SSSR count). The molecule has 2 aromatic heterocycles. The zero-order valence-electron chi connectivity index (χ0n) is 15.8. The van der Waals surface area contributed by atoms with Gasteiger partial charge in [-0.1, -0.05) is 63.2 Å². The Morgan fingerprint density at radius 1 is 0.815 bits per heavy atom. The molecule has 1 N–H and O–H groups in total. The zero-order chi connectivity index (χ0) is 18.9. The predicted molar refractivity (Wildman–Crippen MR) is 111 cm³/mol. The molecule has 0 aliphatic rings. The maximum Gasteiger partial charge on any atom is 0.134 e. The number of para-hydroxylation sites is 1. The van der Waals surface area contributed by atoms with Gasteiger partial charge in [0.25, 0.3) is 0 Å². The van der Waals surface area contributed by atoms with Crippen molar-refractivity contribution >= 4 is 22.4 Å². The second-order valence-corrected chi connectivity index (χ2v) is 7.66. The van der Waals surface area contributed by atoms with Crippen LogP contribution in [0, 0.1) is 0 Å².